The van der Waals surface area contributed by atoms with Crippen molar-refractivity contribution in [3.63, 3.8) is 0 Å². The summed E-state index contributed by atoms with van der Waals surface area (Å²) in [5.74, 6) is 0. The van der Waals surface area contributed by atoms with Crippen molar-refractivity contribution in [2.75, 3.05) is 6.26 Å². The molecule has 1 nitrogen and oxygen atoms in total. The number of hydrogen-bond acceptors (Lipinski definition) is 2. The van der Waals surface area contributed by atoms with Gasteiger partial charge in [-0.25, -0.2) is 0 Å². The predicted molar refractivity (Wildman–Crippen MR) is 97.2 cm³/mol. The number of rotatable bonds is 4. The molecular weight excluding hydrogens is 286 g/mol. The molecule has 0 atom stereocenters. The van der Waals surface area contributed by atoms with E-state index in [1.165, 1.54) is 48.1 Å². The van der Waals surface area contributed by atoms with Crippen LogP contribution in [0, 0.1) is 0 Å². The molecule has 0 N–H and O–H groups in total. The lowest BCUT2D eigenvalue weighted by atomic mass is 9.94. The fraction of sp³-hybridized carbons (Fsp3) is 0.350. The Hall–Kier alpha value is -1.54. The van der Waals surface area contributed by atoms with Gasteiger partial charge in [-0.15, -0.1) is 11.8 Å². The van der Waals surface area contributed by atoms with Gasteiger partial charge in [0.2, 0.25) is 0 Å². The van der Waals surface area contributed by atoms with Crippen molar-refractivity contribution in [2.24, 2.45) is 4.99 Å². The second kappa shape index (κ2) is 7.64. The van der Waals surface area contributed by atoms with Crippen LogP contribution in [0.5, 0.6) is 0 Å². The summed E-state index contributed by atoms with van der Waals surface area (Å²) in [4.78, 5) is 6.44. The molecule has 1 saturated carbocycles. The molecule has 0 spiro atoms. The zero-order valence-electron chi connectivity index (χ0n) is 13.2. The van der Waals surface area contributed by atoms with Crippen LogP contribution in [0.3, 0.4) is 0 Å². The monoisotopic (exact) mass is 309 g/mol. The minimum absolute atomic E-state index is 0.490. The Kier molecular flexibility index (Phi) is 5.33. The van der Waals surface area contributed by atoms with Crippen LogP contribution in [-0.4, -0.2) is 18.0 Å². The van der Waals surface area contributed by atoms with E-state index in [0.29, 0.717) is 6.04 Å². The Morgan fingerprint density at radius 1 is 0.864 bits per heavy atom. The summed E-state index contributed by atoms with van der Waals surface area (Å²) in [6.07, 6.45) is 8.60. The highest BCUT2D eigenvalue weighted by atomic mass is 32.2. The standard InChI is InChI=1S/C20H23NS/c1-22-19-14-12-17(13-15-19)20(16-8-4-2-5-9-16)21-18-10-6-3-7-11-18/h2,4-5,8-9,12-15,18H,3,6-7,10-11H2,1H3. The van der Waals surface area contributed by atoms with E-state index in [9.17, 15) is 0 Å². The van der Waals surface area contributed by atoms with E-state index in [-0.39, 0.29) is 0 Å². The van der Waals surface area contributed by atoms with Crippen molar-refractivity contribution in [3.8, 4) is 0 Å². The maximum atomic E-state index is 5.14. The molecule has 2 aromatic rings. The summed E-state index contributed by atoms with van der Waals surface area (Å²) in [6, 6.07) is 19.9. The lowest BCUT2D eigenvalue weighted by molar-refractivity contribution is 0.443. The highest BCUT2D eigenvalue weighted by Crippen LogP contribution is 2.23. The van der Waals surface area contributed by atoms with Crippen molar-refractivity contribution in [1.29, 1.82) is 0 Å². The zero-order valence-corrected chi connectivity index (χ0v) is 14.0. The molecule has 2 heteroatoms. The van der Waals surface area contributed by atoms with Gasteiger partial charge in [0.15, 0.2) is 0 Å². The van der Waals surface area contributed by atoms with Crippen LogP contribution in [0.4, 0.5) is 0 Å². The highest BCUT2D eigenvalue weighted by Gasteiger charge is 2.15. The Bertz CT molecular complexity index is 610. The van der Waals surface area contributed by atoms with Crippen LogP contribution >= 0.6 is 11.8 Å². The van der Waals surface area contributed by atoms with E-state index >= 15 is 0 Å². The minimum atomic E-state index is 0.490. The Morgan fingerprint density at radius 3 is 2.14 bits per heavy atom. The molecule has 114 valence electrons. The Balaban J connectivity index is 1.96. The normalized spacial score (nSPS) is 16.7. The van der Waals surface area contributed by atoms with Gasteiger partial charge in [0.1, 0.15) is 0 Å². The maximum absolute atomic E-state index is 5.14. The number of nitrogens with zero attached hydrogens (tertiary/aromatic N) is 1. The van der Waals surface area contributed by atoms with E-state index in [2.05, 4.69) is 60.9 Å². The van der Waals surface area contributed by atoms with E-state index in [0.717, 1.165) is 5.71 Å². The fourth-order valence-corrected chi connectivity index (χ4v) is 3.46. The third-order valence-corrected chi connectivity index (χ3v) is 5.04. The summed E-state index contributed by atoms with van der Waals surface area (Å²) < 4.78 is 0. The van der Waals surface area contributed by atoms with Crippen LogP contribution in [0.1, 0.15) is 43.2 Å². The van der Waals surface area contributed by atoms with Crippen molar-refractivity contribution in [1.82, 2.24) is 0 Å². The molecule has 0 amide bonds. The quantitative estimate of drug-likeness (QED) is 0.530. The molecule has 22 heavy (non-hydrogen) atoms. The molecule has 0 bridgehead atoms. The van der Waals surface area contributed by atoms with E-state index in [1.54, 1.807) is 11.8 Å². The summed E-state index contributed by atoms with van der Waals surface area (Å²) in [5, 5.41) is 0. The Morgan fingerprint density at radius 2 is 1.50 bits per heavy atom. The first kappa shape index (κ1) is 15.4. The molecule has 0 saturated heterocycles. The fourth-order valence-electron chi connectivity index (χ4n) is 3.05. The SMILES string of the molecule is CSc1ccc(C(=NC2CCCCC2)c2ccccc2)cc1. The summed E-state index contributed by atoms with van der Waals surface area (Å²) in [7, 11) is 0. The second-order valence-corrected chi connectivity index (χ2v) is 6.74. The molecule has 0 aliphatic heterocycles. The first-order valence-electron chi connectivity index (χ1n) is 8.14. The lowest BCUT2D eigenvalue weighted by Gasteiger charge is -2.20. The molecule has 3 rings (SSSR count). The van der Waals surface area contributed by atoms with Gasteiger partial charge in [0.05, 0.1) is 11.8 Å². The van der Waals surface area contributed by atoms with E-state index in [1.807, 2.05) is 0 Å². The third-order valence-electron chi connectivity index (χ3n) is 4.30. The van der Waals surface area contributed by atoms with E-state index in [4.69, 9.17) is 4.99 Å². The van der Waals surface area contributed by atoms with Gasteiger partial charge in [-0.2, -0.15) is 0 Å². The predicted octanol–water partition coefficient (Wildman–Crippen LogP) is 5.58. The van der Waals surface area contributed by atoms with Crippen molar-refractivity contribution >= 4 is 17.5 Å². The number of aliphatic imine (C=N–C) groups is 1. The van der Waals surface area contributed by atoms with Gasteiger partial charge in [0, 0.05) is 16.0 Å². The maximum Gasteiger partial charge on any atom is 0.0722 e. The summed E-state index contributed by atoms with van der Waals surface area (Å²) >= 11 is 1.78. The lowest BCUT2D eigenvalue weighted by Crippen LogP contribution is -2.14. The van der Waals surface area contributed by atoms with Gasteiger partial charge >= 0.3 is 0 Å². The molecule has 0 radical (unpaired) electrons. The van der Waals surface area contributed by atoms with Gasteiger partial charge < -0.3 is 0 Å². The smallest absolute Gasteiger partial charge is 0.0722 e. The summed E-state index contributed by atoms with van der Waals surface area (Å²) in [6.45, 7) is 0. The van der Waals surface area contributed by atoms with Crippen LogP contribution in [-0.2, 0) is 0 Å². The topological polar surface area (TPSA) is 12.4 Å². The molecule has 1 aliphatic rings. The molecule has 0 heterocycles. The second-order valence-electron chi connectivity index (χ2n) is 5.86. The molecular formula is C20H23NS. The first-order chi connectivity index (χ1) is 10.9. The number of hydrogen-bond donors (Lipinski definition) is 0. The van der Waals surface area contributed by atoms with E-state index < -0.39 is 0 Å². The first-order valence-corrected chi connectivity index (χ1v) is 9.37. The number of benzene rings is 2. The molecule has 0 unspecified atom stereocenters. The minimum Gasteiger partial charge on any atom is -0.281 e. The zero-order chi connectivity index (χ0) is 15.2. The van der Waals surface area contributed by atoms with Gasteiger partial charge in [-0.1, -0.05) is 61.7 Å². The van der Waals surface area contributed by atoms with Crippen molar-refractivity contribution in [3.05, 3.63) is 65.7 Å². The van der Waals surface area contributed by atoms with Crippen LogP contribution in [0.15, 0.2) is 64.5 Å². The van der Waals surface area contributed by atoms with Crippen molar-refractivity contribution < 1.29 is 0 Å². The van der Waals surface area contributed by atoms with Gasteiger partial charge in [-0.3, -0.25) is 4.99 Å². The van der Waals surface area contributed by atoms with Crippen LogP contribution in [0.2, 0.25) is 0 Å². The Labute approximate surface area is 137 Å². The largest absolute Gasteiger partial charge is 0.281 e. The highest BCUT2D eigenvalue weighted by molar-refractivity contribution is 7.98. The summed E-state index contributed by atoms with van der Waals surface area (Å²) in [5.41, 5.74) is 3.61. The van der Waals surface area contributed by atoms with Crippen molar-refractivity contribution in [2.45, 2.75) is 43.0 Å². The van der Waals surface area contributed by atoms with Gasteiger partial charge in [-0.05, 0) is 31.2 Å². The van der Waals surface area contributed by atoms with Crippen LogP contribution < -0.4 is 0 Å². The third kappa shape index (κ3) is 3.80. The number of thioether (sulfide) groups is 1. The van der Waals surface area contributed by atoms with Gasteiger partial charge in [0.25, 0.3) is 0 Å². The van der Waals surface area contributed by atoms with Crippen LogP contribution in [0.25, 0.3) is 0 Å². The molecule has 0 aromatic heterocycles. The molecule has 2 aromatic carbocycles. The average molecular weight is 309 g/mol. The molecule has 1 fully saturated rings. The molecule has 1 aliphatic carbocycles. The average Bonchev–Trinajstić information content (AvgIpc) is 2.61.